The average molecular weight is 275 g/mol. The van der Waals surface area contributed by atoms with E-state index in [1.165, 1.54) is 0 Å². The number of aromatic nitrogens is 1. The van der Waals surface area contributed by atoms with Gasteiger partial charge in [-0.05, 0) is 22.6 Å². The Morgan fingerprint density at radius 1 is 1.50 bits per heavy atom. The van der Waals surface area contributed by atoms with Crippen molar-refractivity contribution in [2.24, 2.45) is 0 Å². The molecule has 0 atom stereocenters. The Morgan fingerprint density at radius 3 is 2.60 bits per heavy atom. The highest BCUT2D eigenvalue weighted by Gasteiger charge is 2.07. The van der Waals surface area contributed by atoms with E-state index in [0.717, 1.165) is 6.07 Å². The summed E-state index contributed by atoms with van der Waals surface area (Å²) in [6.07, 6.45) is 0. The third-order valence-electron chi connectivity index (χ3n) is 0.842. The van der Waals surface area contributed by atoms with E-state index >= 15 is 0 Å². The summed E-state index contributed by atoms with van der Waals surface area (Å²) in [6.45, 7) is 0. The third-order valence-corrected chi connectivity index (χ3v) is 2.37. The van der Waals surface area contributed by atoms with Crippen LogP contribution in [0.5, 0.6) is 0 Å². The molecule has 0 N–H and O–H groups in total. The molecule has 1 aromatic heterocycles. The summed E-state index contributed by atoms with van der Waals surface area (Å²) >= 11 is 7.06. The van der Waals surface area contributed by atoms with Crippen LogP contribution in [-0.2, 0) is 0 Å². The zero-order valence-corrected chi connectivity index (χ0v) is 7.45. The fraction of sp³-hybridized carbons (Fsp3) is 0. The number of pyridine rings is 1. The van der Waals surface area contributed by atoms with Crippen molar-refractivity contribution < 1.29 is 8.78 Å². The Bertz CT molecular complexity index is 243. The predicted molar refractivity (Wildman–Crippen MR) is 41.9 cm³/mol. The highest BCUT2D eigenvalue weighted by molar-refractivity contribution is 14.1. The summed E-state index contributed by atoms with van der Waals surface area (Å²) in [5.74, 6) is -1.82. The fourth-order valence-electron chi connectivity index (χ4n) is 0.442. The normalized spacial score (nSPS) is 10.0. The van der Waals surface area contributed by atoms with Gasteiger partial charge in [0.15, 0.2) is 0 Å². The van der Waals surface area contributed by atoms with Crippen LogP contribution in [-0.4, -0.2) is 4.98 Å². The number of rotatable bonds is 0. The molecule has 0 amide bonds. The van der Waals surface area contributed by atoms with Gasteiger partial charge in [-0.25, -0.2) is 0 Å². The molecule has 1 nitrogen and oxygen atoms in total. The Labute approximate surface area is 74.5 Å². The van der Waals surface area contributed by atoms with Crippen LogP contribution >= 0.6 is 34.2 Å². The molecule has 10 heavy (non-hydrogen) atoms. The number of halogens is 4. The van der Waals surface area contributed by atoms with E-state index in [-0.39, 0.29) is 5.02 Å². The number of hydrogen-bond acceptors (Lipinski definition) is 1. The second kappa shape index (κ2) is 2.96. The molecule has 1 rings (SSSR count). The zero-order chi connectivity index (χ0) is 7.72. The van der Waals surface area contributed by atoms with Crippen molar-refractivity contribution in [1.82, 2.24) is 4.98 Å². The Balaban J connectivity index is 3.31. The van der Waals surface area contributed by atoms with E-state index in [9.17, 15) is 8.78 Å². The predicted octanol–water partition coefficient (Wildman–Crippen LogP) is 2.62. The molecule has 1 aromatic rings. The lowest BCUT2D eigenvalue weighted by atomic mass is 10.5. The van der Waals surface area contributed by atoms with Crippen molar-refractivity contribution in [3.8, 4) is 0 Å². The topological polar surface area (TPSA) is 12.9 Å². The molecule has 0 saturated carbocycles. The molecule has 0 spiro atoms. The van der Waals surface area contributed by atoms with E-state index in [4.69, 9.17) is 11.6 Å². The van der Waals surface area contributed by atoms with Crippen molar-refractivity contribution in [3.63, 3.8) is 0 Å². The lowest BCUT2D eigenvalue weighted by molar-refractivity contribution is 0.511. The standard InChI is InChI=1S/C5HClF2IN/c6-4-2(9)1-3(7)10-5(4)8/h1H. The number of hydrogen-bond donors (Lipinski definition) is 0. The second-order valence-corrected chi connectivity index (χ2v) is 3.07. The lowest BCUT2D eigenvalue weighted by Gasteiger charge is -1.94. The lowest BCUT2D eigenvalue weighted by Crippen LogP contribution is -1.91. The largest absolute Gasteiger partial charge is 0.235 e. The summed E-state index contributed by atoms with van der Waals surface area (Å²) in [5.41, 5.74) is 0. The Kier molecular flexibility index (Phi) is 2.40. The zero-order valence-electron chi connectivity index (χ0n) is 4.54. The first-order chi connectivity index (χ1) is 4.61. The molecule has 0 aliphatic carbocycles. The summed E-state index contributed by atoms with van der Waals surface area (Å²) in [5, 5.41) is -0.137. The van der Waals surface area contributed by atoms with Gasteiger partial charge in [0.1, 0.15) is 5.02 Å². The molecule has 0 aromatic carbocycles. The van der Waals surface area contributed by atoms with Gasteiger partial charge < -0.3 is 0 Å². The third kappa shape index (κ3) is 1.54. The van der Waals surface area contributed by atoms with Crippen LogP contribution in [0.25, 0.3) is 0 Å². The Hall–Kier alpha value is 0.0300. The smallest absolute Gasteiger partial charge is 0.189 e. The van der Waals surface area contributed by atoms with Crippen molar-refractivity contribution in [2.75, 3.05) is 0 Å². The van der Waals surface area contributed by atoms with Gasteiger partial charge in [0.2, 0.25) is 11.9 Å². The highest BCUT2D eigenvalue weighted by Crippen LogP contribution is 2.20. The molecular weight excluding hydrogens is 274 g/mol. The molecule has 0 unspecified atom stereocenters. The molecule has 0 aliphatic heterocycles. The van der Waals surface area contributed by atoms with Gasteiger partial charge >= 0.3 is 0 Å². The summed E-state index contributed by atoms with van der Waals surface area (Å²) in [4.78, 5) is 2.86. The molecule has 1 heterocycles. The van der Waals surface area contributed by atoms with E-state index in [0.29, 0.717) is 3.57 Å². The van der Waals surface area contributed by atoms with Crippen molar-refractivity contribution in [3.05, 3.63) is 26.6 Å². The van der Waals surface area contributed by atoms with Crippen molar-refractivity contribution in [1.29, 1.82) is 0 Å². The van der Waals surface area contributed by atoms with Gasteiger partial charge in [-0.2, -0.15) is 13.8 Å². The van der Waals surface area contributed by atoms with Gasteiger partial charge in [-0.3, -0.25) is 0 Å². The second-order valence-electron chi connectivity index (χ2n) is 1.53. The van der Waals surface area contributed by atoms with Crippen LogP contribution in [0, 0.1) is 15.5 Å². The van der Waals surface area contributed by atoms with Crippen LogP contribution in [0.2, 0.25) is 5.02 Å². The highest BCUT2D eigenvalue weighted by atomic mass is 127. The van der Waals surface area contributed by atoms with E-state index in [2.05, 4.69) is 4.98 Å². The molecule has 0 fully saturated rings. The van der Waals surface area contributed by atoms with Crippen LogP contribution in [0.1, 0.15) is 0 Å². The number of nitrogens with zero attached hydrogens (tertiary/aromatic N) is 1. The van der Waals surface area contributed by atoms with Gasteiger partial charge in [0.05, 0.1) is 0 Å². The van der Waals surface area contributed by atoms with Crippen LogP contribution in [0.15, 0.2) is 6.07 Å². The maximum atomic E-state index is 12.4. The van der Waals surface area contributed by atoms with Crippen LogP contribution in [0.3, 0.4) is 0 Å². The first-order valence-electron chi connectivity index (χ1n) is 2.28. The first-order valence-corrected chi connectivity index (χ1v) is 3.74. The minimum absolute atomic E-state index is 0.137. The van der Waals surface area contributed by atoms with E-state index < -0.39 is 11.9 Å². The molecule has 0 aliphatic rings. The minimum Gasteiger partial charge on any atom is -0.189 e. The van der Waals surface area contributed by atoms with Gasteiger partial charge in [-0.15, -0.1) is 0 Å². The Morgan fingerprint density at radius 2 is 2.10 bits per heavy atom. The quantitative estimate of drug-likeness (QED) is 0.524. The first kappa shape index (κ1) is 8.13. The summed E-state index contributed by atoms with van der Waals surface area (Å²) in [7, 11) is 0. The molecule has 0 radical (unpaired) electrons. The van der Waals surface area contributed by atoms with E-state index in [1.54, 1.807) is 22.6 Å². The fourth-order valence-corrected chi connectivity index (χ4v) is 1.02. The van der Waals surface area contributed by atoms with Gasteiger partial charge in [-0.1, -0.05) is 11.6 Å². The van der Waals surface area contributed by atoms with Gasteiger partial charge in [0, 0.05) is 9.64 Å². The van der Waals surface area contributed by atoms with Crippen molar-refractivity contribution >= 4 is 34.2 Å². The maximum Gasteiger partial charge on any atom is 0.235 e. The molecule has 0 saturated heterocycles. The minimum atomic E-state index is -0.967. The van der Waals surface area contributed by atoms with Crippen molar-refractivity contribution in [2.45, 2.75) is 0 Å². The summed E-state index contributed by atoms with van der Waals surface area (Å²) < 4.78 is 24.9. The SMILES string of the molecule is Fc1cc(I)c(Cl)c(F)n1. The molecular formula is C5HClF2IN. The summed E-state index contributed by atoms with van der Waals surface area (Å²) in [6, 6.07) is 1.06. The van der Waals surface area contributed by atoms with Gasteiger partial charge in [0.25, 0.3) is 0 Å². The molecule has 5 heteroatoms. The van der Waals surface area contributed by atoms with E-state index in [1.807, 2.05) is 0 Å². The molecule has 54 valence electrons. The van der Waals surface area contributed by atoms with Crippen LogP contribution in [0.4, 0.5) is 8.78 Å². The maximum absolute atomic E-state index is 12.4. The molecule has 0 bridgehead atoms. The average Bonchev–Trinajstić information content (AvgIpc) is 1.82. The van der Waals surface area contributed by atoms with Crippen LogP contribution < -0.4 is 0 Å². The monoisotopic (exact) mass is 275 g/mol.